The van der Waals surface area contributed by atoms with Gasteiger partial charge in [-0.25, -0.2) is 4.98 Å². The summed E-state index contributed by atoms with van der Waals surface area (Å²) < 4.78 is 7.07. The van der Waals surface area contributed by atoms with Gasteiger partial charge in [0.2, 0.25) is 17.6 Å². The number of hydrogen-bond acceptors (Lipinski definition) is 5. The molecule has 2 heterocycles. The summed E-state index contributed by atoms with van der Waals surface area (Å²) in [4.78, 5) is 43.4. The number of carbonyl (C=O) groups is 3. The van der Waals surface area contributed by atoms with Crippen LogP contribution in [0.1, 0.15) is 29.2 Å². The quantitative estimate of drug-likeness (QED) is 0.678. The Labute approximate surface area is 174 Å². The van der Waals surface area contributed by atoms with E-state index in [0.717, 1.165) is 18.5 Å². The minimum atomic E-state index is -0.872. The Morgan fingerprint density at radius 1 is 1.17 bits per heavy atom. The number of ether oxygens (including phenoxy) is 1. The summed E-state index contributed by atoms with van der Waals surface area (Å²) in [6.07, 6.45) is 3.38. The van der Waals surface area contributed by atoms with E-state index in [2.05, 4.69) is 10.3 Å². The molecule has 2 aromatic rings. The summed E-state index contributed by atoms with van der Waals surface area (Å²) in [5, 5.41) is 2.74. The Balaban J connectivity index is 1.65. The Hall–Kier alpha value is -3.20. The Morgan fingerprint density at radius 3 is 2.50 bits per heavy atom. The molecule has 1 atom stereocenters. The van der Waals surface area contributed by atoms with Crippen LogP contribution in [0.15, 0.2) is 36.5 Å². The number of nitrogens with one attached hydrogen (secondary N) is 1. The molecule has 158 valence electrons. The van der Waals surface area contributed by atoms with Crippen LogP contribution in [0.25, 0.3) is 5.69 Å². The first-order valence-corrected chi connectivity index (χ1v) is 10.1. The predicted molar refractivity (Wildman–Crippen MR) is 108 cm³/mol. The van der Waals surface area contributed by atoms with Crippen molar-refractivity contribution in [2.45, 2.75) is 25.3 Å². The zero-order valence-corrected chi connectivity index (χ0v) is 16.6. The van der Waals surface area contributed by atoms with E-state index < -0.39 is 11.9 Å². The lowest BCUT2D eigenvalue weighted by Gasteiger charge is -2.27. The average Bonchev–Trinajstić information content (AvgIpc) is 3.54. The van der Waals surface area contributed by atoms with Gasteiger partial charge in [-0.2, -0.15) is 0 Å². The number of aromatic nitrogens is 2. The monoisotopic (exact) mass is 411 g/mol. The zero-order chi connectivity index (χ0) is 21.1. The molecule has 1 aromatic carbocycles. The van der Waals surface area contributed by atoms with Gasteiger partial charge in [-0.15, -0.1) is 0 Å². The highest BCUT2D eigenvalue weighted by molar-refractivity contribution is 5.92. The fourth-order valence-corrected chi connectivity index (χ4v) is 3.52. The Morgan fingerprint density at radius 2 is 1.87 bits per heavy atom. The third-order valence-electron chi connectivity index (χ3n) is 5.36. The van der Waals surface area contributed by atoms with Gasteiger partial charge >= 0.3 is 0 Å². The maximum Gasteiger partial charge on any atom is 0.290 e. The van der Waals surface area contributed by atoms with Gasteiger partial charge in [-0.1, -0.05) is 18.2 Å². The van der Waals surface area contributed by atoms with Crippen LogP contribution >= 0.6 is 0 Å². The molecule has 4 rings (SSSR count). The van der Waals surface area contributed by atoms with Crippen LogP contribution in [0.2, 0.25) is 0 Å². The van der Waals surface area contributed by atoms with Crippen LogP contribution in [-0.4, -0.2) is 64.5 Å². The summed E-state index contributed by atoms with van der Waals surface area (Å²) in [6, 6.07) is 8.47. The summed E-state index contributed by atoms with van der Waals surface area (Å²) in [5.74, 6) is -0.759. The van der Waals surface area contributed by atoms with E-state index in [1.807, 2.05) is 30.3 Å². The maximum absolute atomic E-state index is 13.1. The second-order valence-corrected chi connectivity index (χ2v) is 7.59. The number of primary amides is 1. The minimum absolute atomic E-state index is 0.0376. The lowest BCUT2D eigenvalue weighted by molar-refractivity contribution is -0.128. The van der Waals surface area contributed by atoms with Gasteiger partial charge < -0.3 is 20.7 Å². The predicted octanol–water partition coefficient (Wildman–Crippen LogP) is 0.267. The van der Waals surface area contributed by atoms with Crippen molar-refractivity contribution in [3.05, 3.63) is 48.0 Å². The molecule has 2 fully saturated rings. The second kappa shape index (κ2) is 8.66. The van der Waals surface area contributed by atoms with Gasteiger partial charge in [-0.3, -0.25) is 19.0 Å². The van der Waals surface area contributed by atoms with Gasteiger partial charge in [0.05, 0.1) is 13.2 Å². The van der Waals surface area contributed by atoms with Gasteiger partial charge in [0.25, 0.3) is 5.91 Å². The highest BCUT2D eigenvalue weighted by atomic mass is 16.5. The van der Waals surface area contributed by atoms with Crippen molar-refractivity contribution in [2.75, 3.05) is 26.3 Å². The molecule has 9 nitrogen and oxygen atoms in total. The van der Waals surface area contributed by atoms with Crippen LogP contribution in [0.5, 0.6) is 0 Å². The van der Waals surface area contributed by atoms with Gasteiger partial charge in [-0.05, 0) is 25.0 Å². The van der Waals surface area contributed by atoms with Crippen LogP contribution in [0.3, 0.4) is 0 Å². The second-order valence-electron chi connectivity index (χ2n) is 7.59. The highest BCUT2D eigenvalue weighted by Crippen LogP contribution is 2.29. The van der Waals surface area contributed by atoms with E-state index in [9.17, 15) is 14.4 Å². The number of nitrogens with zero attached hydrogens (tertiary/aromatic N) is 3. The summed E-state index contributed by atoms with van der Waals surface area (Å²) in [5.41, 5.74) is 6.92. The van der Waals surface area contributed by atoms with Crippen LogP contribution < -0.4 is 11.1 Å². The van der Waals surface area contributed by atoms with Crippen molar-refractivity contribution in [3.8, 4) is 5.69 Å². The smallest absolute Gasteiger partial charge is 0.290 e. The first-order chi connectivity index (χ1) is 14.5. The molecule has 2 aliphatic rings. The van der Waals surface area contributed by atoms with Crippen molar-refractivity contribution in [3.63, 3.8) is 0 Å². The molecule has 0 spiro atoms. The fourth-order valence-electron chi connectivity index (χ4n) is 3.52. The molecule has 0 bridgehead atoms. The van der Waals surface area contributed by atoms with Crippen LogP contribution in [0, 0.1) is 5.92 Å². The van der Waals surface area contributed by atoms with E-state index in [1.165, 1.54) is 0 Å². The number of amides is 3. The third-order valence-corrected chi connectivity index (χ3v) is 5.36. The van der Waals surface area contributed by atoms with Crippen molar-refractivity contribution in [1.29, 1.82) is 0 Å². The molecule has 0 unspecified atom stereocenters. The highest BCUT2D eigenvalue weighted by Gasteiger charge is 2.33. The topological polar surface area (TPSA) is 120 Å². The molecule has 1 aliphatic heterocycles. The molecule has 3 N–H and O–H groups in total. The zero-order valence-electron chi connectivity index (χ0n) is 16.6. The van der Waals surface area contributed by atoms with E-state index in [4.69, 9.17) is 10.5 Å². The Bertz CT molecular complexity index is 932. The molecule has 9 heteroatoms. The number of nitrogens with two attached hydrogens (primary N) is 1. The van der Waals surface area contributed by atoms with E-state index in [-0.39, 0.29) is 30.0 Å². The lowest BCUT2D eigenvalue weighted by Crippen LogP contribution is -2.46. The maximum atomic E-state index is 13.1. The number of morpholine rings is 1. The molecule has 1 saturated carbocycles. The van der Waals surface area contributed by atoms with E-state index in [1.54, 1.807) is 15.7 Å². The first-order valence-electron chi connectivity index (χ1n) is 10.1. The molecule has 1 aromatic heterocycles. The lowest BCUT2D eigenvalue weighted by atomic mass is 10.1. The van der Waals surface area contributed by atoms with Crippen molar-refractivity contribution in [2.24, 2.45) is 11.7 Å². The molecule has 30 heavy (non-hydrogen) atoms. The number of benzene rings is 1. The summed E-state index contributed by atoms with van der Waals surface area (Å²) in [6.45, 7) is 1.97. The summed E-state index contributed by atoms with van der Waals surface area (Å²) >= 11 is 0. The van der Waals surface area contributed by atoms with Gasteiger partial charge in [0.1, 0.15) is 6.04 Å². The van der Waals surface area contributed by atoms with Crippen molar-refractivity contribution >= 4 is 17.7 Å². The summed E-state index contributed by atoms with van der Waals surface area (Å²) in [7, 11) is 0. The molecule has 1 aliphatic carbocycles. The number of hydrogen-bond donors (Lipinski definition) is 2. The molecule has 0 radical (unpaired) electrons. The largest absolute Gasteiger partial charge is 0.378 e. The SMILES string of the molecule is NC(=O)[C@H](Cc1cnc(C(=O)N2CCOCC2)n1-c1ccccc1)NC(=O)C1CC1. The van der Waals surface area contributed by atoms with Crippen LogP contribution in [-0.2, 0) is 20.7 Å². The number of carbonyl (C=O) groups excluding carboxylic acids is 3. The van der Waals surface area contributed by atoms with Gasteiger partial charge in [0, 0.05) is 43.0 Å². The van der Waals surface area contributed by atoms with Crippen molar-refractivity contribution < 1.29 is 19.1 Å². The number of rotatable bonds is 7. The molecular weight excluding hydrogens is 386 g/mol. The average molecular weight is 411 g/mol. The minimum Gasteiger partial charge on any atom is -0.378 e. The van der Waals surface area contributed by atoms with E-state index in [0.29, 0.717) is 32.0 Å². The normalized spacial score (nSPS) is 17.4. The van der Waals surface area contributed by atoms with E-state index >= 15 is 0 Å². The van der Waals surface area contributed by atoms with Crippen molar-refractivity contribution in [1.82, 2.24) is 19.8 Å². The fraction of sp³-hybridized carbons (Fsp3) is 0.429. The van der Waals surface area contributed by atoms with Gasteiger partial charge in [0.15, 0.2) is 0 Å². The number of para-hydroxylation sites is 1. The molecular formula is C21H25N5O4. The molecule has 1 saturated heterocycles. The first kappa shape index (κ1) is 20.1. The standard InChI is InChI=1S/C21H25N5O4/c22-18(27)17(24-20(28)14-6-7-14)12-16-13-23-19(21(29)25-8-10-30-11-9-25)26(16)15-4-2-1-3-5-15/h1-5,13-14,17H,6-12H2,(H2,22,27)(H,24,28)/t17-/m0/s1. The number of imidazole rings is 1. The Kier molecular flexibility index (Phi) is 5.80. The third kappa shape index (κ3) is 4.35. The van der Waals surface area contributed by atoms with Crippen LogP contribution in [0.4, 0.5) is 0 Å². The molecule has 3 amide bonds.